The number of fused-ring (bicyclic) bond motifs is 1. The molecule has 2 aliphatic rings. The van der Waals surface area contributed by atoms with Crippen LogP contribution in [0.1, 0.15) is 15.9 Å². The summed E-state index contributed by atoms with van der Waals surface area (Å²) < 4.78 is 10.4. The maximum absolute atomic E-state index is 12.6. The number of amides is 1. The van der Waals surface area contributed by atoms with E-state index >= 15 is 0 Å². The van der Waals surface area contributed by atoms with Gasteiger partial charge in [-0.15, -0.1) is 0 Å². The van der Waals surface area contributed by atoms with E-state index in [1.54, 1.807) is 44.2 Å². The molecule has 0 unspecified atom stereocenters. The Kier molecular flexibility index (Phi) is 4.77. The molecule has 4 rings (SSSR count). The van der Waals surface area contributed by atoms with E-state index in [1.165, 1.54) is 0 Å². The highest BCUT2D eigenvalue weighted by atomic mass is 32.2. The Morgan fingerprint density at radius 1 is 1.11 bits per heavy atom. The van der Waals surface area contributed by atoms with Crippen molar-refractivity contribution in [3.05, 3.63) is 59.0 Å². The standard InChI is InChI=1S/C20H19N3O3S/c1-25-16-9-14(10-17(11-16)26-2)19(24)22-15-5-3-13(4-6-15)18-12-27-20-21-7-8-23(18)20/h3-6,9-12H,7-8H2,1-2H3,(H,22,24). The van der Waals surface area contributed by atoms with E-state index in [1.807, 2.05) is 24.3 Å². The molecule has 0 saturated carbocycles. The molecule has 0 fully saturated rings. The number of thioether (sulfide) groups is 1. The van der Waals surface area contributed by atoms with Crippen molar-refractivity contribution in [3.63, 3.8) is 0 Å². The van der Waals surface area contributed by atoms with Crippen molar-refractivity contribution in [2.45, 2.75) is 0 Å². The minimum absolute atomic E-state index is 0.218. The Morgan fingerprint density at radius 2 is 1.81 bits per heavy atom. The summed E-state index contributed by atoms with van der Waals surface area (Å²) >= 11 is 1.66. The second-order valence-electron chi connectivity index (χ2n) is 6.07. The Balaban J connectivity index is 1.49. The molecular formula is C20H19N3O3S. The zero-order valence-corrected chi connectivity index (χ0v) is 15.9. The number of aliphatic imine (C=N–C) groups is 1. The zero-order valence-electron chi connectivity index (χ0n) is 15.1. The van der Waals surface area contributed by atoms with Gasteiger partial charge in [0.15, 0.2) is 5.17 Å². The summed E-state index contributed by atoms with van der Waals surface area (Å²) in [6.07, 6.45) is 0. The van der Waals surface area contributed by atoms with Crippen LogP contribution in [-0.4, -0.2) is 43.3 Å². The molecule has 1 N–H and O–H groups in total. The van der Waals surface area contributed by atoms with Gasteiger partial charge in [-0.25, -0.2) is 0 Å². The number of anilines is 1. The first-order chi connectivity index (χ1) is 13.2. The van der Waals surface area contributed by atoms with Crippen molar-refractivity contribution < 1.29 is 14.3 Å². The number of rotatable bonds is 5. The van der Waals surface area contributed by atoms with Crippen LogP contribution in [-0.2, 0) is 0 Å². The van der Waals surface area contributed by atoms with Crippen LogP contribution in [0.15, 0.2) is 52.9 Å². The van der Waals surface area contributed by atoms with E-state index in [9.17, 15) is 4.79 Å². The number of amidine groups is 1. The normalized spacial score (nSPS) is 15.1. The van der Waals surface area contributed by atoms with Gasteiger partial charge >= 0.3 is 0 Å². The highest BCUT2D eigenvalue weighted by molar-refractivity contribution is 8.16. The predicted molar refractivity (Wildman–Crippen MR) is 109 cm³/mol. The third-order valence-electron chi connectivity index (χ3n) is 4.42. The summed E-state index contributed by atoms with van der Waals surface area (Å²) in [7, 11) is 3.11. The van der Waals surface area contributed by atoms with Gasteiger partial charge in [0.05, 0.1) is 26.5 Å². The number of hydrogen-bond donors (Lipinski definition) is 1. The lowest BCUT2D eigenvalue weighted by Gasteiger charge is -2.17. The van der Waals surface area contributed by atoms with Crippen LogP contribution in [0.3, 0.4) is 0 Å². The molecule has 0 aliphatic carbocycles. The van der Waals surface area contributed by atoms with Gasteiger partial charge in [-0.3, -0.25) is 9.79 Å². The number of carbonyl (C=O) groups is 1. The average Bonchev–Trinajstić information content (AvgIpc) is 3.32. The fraction of sp³-hybridized carbons (Fsp3) is 0.200. The quantitative estimate of drug-likeness (QED) is 0.856. The summed E-state index contributed by atoms with van der Waals surface area (Å²) in [5.41, 5.74) is 3.47. The van der Waals surface area contributed by atoms with Crippen LogP contribution >= 0.6 is 11.8 Å². The first-order valence-corrected chi connectivity index (χ1v) is 9.39. The Hall–Kier alpha value is -2.93. The Bertz CT molecular complexity index is 916. The molecule has 1 amide bonds. The topological polar surface area (TPSA) is 63.2 Å². The fourth-order valence-electron chi connectivity index (χ4n) is 3.01. The molecule has 0 bridgehead atoms. The largest absolute Gasteiger partial charge is 0.497 e. The van der Waals surface area contributed by atoms with Crippen LogP contribution in [0.5, 0.6) is 11.5 Å². The van der Waals surface area contributed by atoms with E-state index < -0.39 is 0 Å². The molecular weight excluding hydrogens is 362 g/mol. The molecule has 0 atom stereocenters. The lowest BCUT2D eigenvalue weighted by Crippen LogP contribution is -2.19. The molecule has 0 saturated heterocycles. The lowest BCUT2D eigenvalue weighted by molar-refractivity contribution is 0.102. The van der Waals surface area contributed by atoms with Crippen molar-refractivity contribution in [2.75, 3.05) is 32.6 Å². The van der Waals surface area contributed by atoms with Crippen molar-refractivity contribution >= 4 is 34.2 Å². The van der Waals surface area contributed by atoms with Crippen molar-refractivity contribution in [1.82, 2.24) is 4.90 Å². The van der Waals surface area contributed by atoms with Crippen molar-refractivity contribution in [1.29, 1.82) is 0 Å². The number of carbonyl (C=O) groups excluding carboxylic acids is 1. The van der Waals surface area contributed by atoms with Gasteiger partial charge in [0.2, 0.25) is 0 Å². The van der Waals surface area contributed by atoms with Crippen molar-refractivity contribution in [2.24, 2.45) is 4.99 Å². The number of nitrogens with one attached hydrogen (secondary N) is 1. The summed E-state index contributed by atoms with van der Waals surface area (Å²) in [5.74, 6) is 0.928. The lowest BCUT2D eigenvalue weighted by atomic mass is 10.1. The first-order valence-electron chi connectivity index (χ1n) is 8.51. The SMILES string of the molecule is COc1cc(OC)cc(C(=O)Nc2ccc(C3=CSC4=NCCN34)cc2)c1. The van der Waals surface area contributed by atoms with E-state index in [0.717, 1.165) is 35.2 Å². The Morgan fingerprint density at radius 3 is 2.48 bits per heavy atom. The molecule has 0 radical (unpaired) electrons. The number of methoxy groups -OCH3 is 2. The molecule has 6 nitrogen and oxygen atoms in total. The van der Waals surface area contributed by atoms with Crippen LogP contribution in [0, 0.1) is 0 Å². The van der Waals surface area contributed by atoms with Crippen LogP contribution in [0.4, 0.5) is 5.69 Å². The molecule has 27 heavy (non-hydrogen) atoms. The minimum Gasteiger partial charge on any atom is -0.497 e. The van der Waals surface area contributed by atoms with Gasteiger partial charge in [-0.1, -0.05) is 23.9 Å². The molecule has 2 aromatic carbocycles. The number of hydrogen-bond acceptors (Lipinski definition) is 6. The monoisotopic (exact) mass is 381 g/mol. The summed E-state index contributed by atoms with van der Waals surface area (Å²) in [5, 5.41) is 6.10. The molecule has 2 aromatic rings. The predicted octanol–water partition coefficient (Wildman–Crippen LogP) is 3.67. The third-order valence-corrected chi connectivity index (χ3v) is 5.32. The highest BCUT2D eigenvalue weighted by Crippen LogP contribution is 2.35. The zero-order chi connectivity index (χ0) is 18.8. The molecule has 0 spiro atoms. The number of ether oxygens (including phenoxy) is 2. The van der Waals surface area contributed by atoms with E-state index in [2.05, 4.69) is 20.6 Å². The van der Waals surface area contributed by atoms with Crippen LogP contribution in [0.25, 0.3) is 5.70 Å². The van der Waals surface area contributed by atoms with E-state index in [-0.39, 0.29) is 5.91 Å². The maximum Gasteiger partial charge on any atom is 0.255 e. The highest BCUT2D eigenvalue weighted by Gasteiger charge is 2.26. The van der Waals surface area contributed by atoms with Gasteiger partial charge < -0.3 is 19.7 Å². The maximum atomic E-state index is 12.6. The first kappa shape index (κ1) is 17.5. The third kappa shape index (κ3) is 3.50. The smallest absolute Gasteiger partial charge is 0.255 e. The van der Waals surface area contributed by atoms with Gasteiger partial charge in [-0.2, -0.15) is 0 Å². The van der Waals surface area contributed by atoms with Crippen LogP contribution in [0.2, 0.25) is 0 Å². The summed E-state index contributed by atoms with van der Waals surface area (Å²) in [4.78, 5) is 19.3. The summed E-state index contributed by atoms with van der Waals surface area (Å²) in [6, 6.07) is 12.9. The molecule has 2 aliphatic heterocycles. The Labute approximate surface area is 161 Å². The number of nitrogens with zero attached hydrogens (tertiary/aromatic N) is 2. The molecule has 138 valence electrons. The van der Waals surface area contributed by atoms with Gasteiger partial charge in [0.1, 0.15) is 11.5 Å². The van der Waals surface area contributed by atoms with E-state index in [0.29, 0.717) is 17.1 Å². The second kappa shape index (κ2) is 7.36. The number of benzene rings is 2. The van der Waals surface area contributed by atoms with Gasteiger partial charge in [-0.05, 0) is 29.8 Å². The average molecular weight is 381 g/mol. The van der Waals surface area contributed by atoms with Gasteiger partial charge in [0.25, 0.3) is 5.91 Å². The molecule has 2 heterocycles. The molecule has 0 aromatic heterocycles. The van der Waals surface area contributed by atoms with Gasteiger partial charge in [0, 0.05) is 29.3 Å². The van der Waals surface area contributed by atoms with Crippen molar-refractivity contribution in [3.8, 4) is 11.5 Å². The fourth-order valence-corrected chi connectivity index (χ4v) is 3.98. The summed E-state index contributed by atoms with van der Waals surface area (Å²) in [6.45, 7) is 1.77. The van der Waals surface area contributed by atoms with E-state index in [4.69, 9.17) is 9.47 Å². The van der Waals surface area contributed by atoms with Crippen LogP contribution < -0.4 is 14.8 Å². The second-order valence-corrected chi connectivity index (χ2v) is 6.91. The molecule has 7 heteroatoms. The minimum atomic E-state index is -0.218.